The predicted octanol–water partition coefficient (Wildman–Crippen LogP) is 1.13. The third kappa shape index (κ3) is 3.29. The van der Waals surface area contributed by atoms with Gasteiger partial charge in [0.2, 0.25) is 6.04 Å². The van der Waals surface area contributed by atoms with Gasteiger partial charge in [-0.05, 0) is 68.5 Å². The van der Waals surface area contributed by atoms with Crippen molar-refractivity contribution in [3.05, 3.63) is 0 Å². The monoisotopic (exact) mass is 340 g/mol. The van der Waals surface area contributed by atoms with E-state index in [9.17, 15) is 9.59 Å². The maximum absolute atomic E-state index is 11.7. The summed E-state index contributed by atoms with van der Waals surface area (Å²) < 4.78 is 9.28. The minimum atomic E-state index is -1.22. The first-order chi connectivity index (χ1) is 10.9. The van der Waals surface area contributed by atoms with Gasteiger partial charge in [0, 0.05) is 5.54 Å². The molecule has 2 N–H and O–H groups in total. The molecule has 0 unspecified atom stereocenters. The van der Waals surface area contributed by atoms with Crippen molar-refractivity contribution >= 4 is 29.3 Å². The molecule has 4 aliphatic rings. The van der Waals surface area contributed by atoms with Crippen molar-refractivity contribution in [3.8, 4) is 0 Å². The normalized spacial score (nSPS) is 34.1. The highest BCUT2D eigenvalue weighted by atomic mass is 32.1. The number of carbonyl (C=O) groups is 2. The number of ether oxygens (including phenoxy) is 2. The lowest BCUT2D eigenvalue weighted by atomic mass is 9.53. The molecule has 0 amide bonds. The van der Waals surface area contributed by atoms with Crippen LogP contribution in [0.1, 0.15) is 38.5 Å². The Bertz CT molecular complexity index is 471. The molecule has 0 atom stereocenters. The van der Waals surface area contributed by atoms with Gasteiger partial charge in [-0.1, -0.05) is 0 Å². The van der Waals surface area contributed by atoms with Crippen LogP contribution in [-0.4, -0.2) is 42.9 Å². The van der Waals surface area contributed by atoms with Gasteiger partial charge in [-0.15, -0.1) is 0 Å². The first-order valence-electron chi connectivity index (χ1n) is 8.19. The van der Waals surface area contributed by atoms with Gasteiger partial charge in [0.05, 0.1) is 14.2 Å². The standard InChI is InChI=1S/C16H24N2O4S/c1-21-13(19)12(14(20)22-2)17-15(23)18-16-6-9-3-10(7-16)5-11(4-9)8-16/h9-12H,3-8H2,1-2H3,(H2,17,18,23). The molecule has 4 bridgehead atoms. The SMILES string of the molecule is COC(=O)C(NC(=S)NC12CC3CC(CC(C3)C1)C2)C(=O)OC. The van der Waals surface area contributed by atoms with E-state index in [1.807, 2.05) is 0 Å². The van der Waals surface area contributed by atoms with Gasteiger partial charge < -0.3 is 20.1 Å². The Kier molecular flexibility index (Phi) is 4.49. The first-order valence-corrected chi connectivity index (χ1v) is 8.60. The molecule has 0 spiro atoms. The fraction of sp³-hybridized carbons (Fsp3) is 0.812. The molecule has 4 rings (SSSR count). The Hall–Kier alpha value is -1.37. The lowest BCUT2D eigenvalue weighted by Gasteiger charge is -2.57. The third-order valence-corrected chi connectivity index (χ3v) is 5.79. The smallest absolute Gasteiger partial charge is 0.340 e. The Morgan fingerprint density at radius 3 is 1.83 bits per heavy atom. The van der Waals surface area contributed by atoms with E-state index in [0.717, 1.165) is 37.0 Å². The van der Waals surface area contributed by atoms with Crippen molar-refractivity contribution in [1.82, 2.24) is 10.6 Å². The Morgan fingerprint density at radius 2 is 1.43 bits per heavy atom. The Labute approximate surface area is 141 Å². The Balaban J connectivity index is 1.64. The van der Waals surface area contributed by atoms with E-state index < -0.39 is 18.0 Å². The van der Waals surface area contributed by atoms with Crippen LogP contribution in [-0.2, 0) is 19.1 Å². The summed E-state index contributed by atoms with van der Waals surface area (Å²) in [6, 6.07) is -1.22. The van der Waals surface area contributed by atoms with E-state index in [-0.39, 0.29) is 5.54 Å². The molecule has 7 heteroatoms. The summed E-state index contributed by atoms with van der Waals surface area (Å²) in [5.41, 5.74) is 0.0234. The van der Waals surface area contributed by atoms with Gasteiger partial charge >= 0.3 is 11.9 Å². The lowest BCUT2D eigenvalue weighted by molar-refractivity contribution is -0.154. The van der Waals surface area contributed by atoms with Crippen LogP contribution in [0.2, 0.25) is 0 Å². The molecule has 0 aromatic rings. The highest BCUT2D eigenvalue weighted by Gasteiger charge is 2.51. The Morgan fingerprint density at radius 1 is 1.00 bits per heavy atom. The number of thiocarbonyl (C=S) groups is 1. The lowest BCUT2D eigenvalue weighted by Crippen LogP contribution is -2.63. The van der Waals surface area contributed by atoms with Crippen molar-refractivity contribution in [3.63, 3.8) is 0 Å². The molecule has 0 heterocycles. The van der Waals surface area contributed by atoms with E-state index in [2.05, 4.69) is 20.1 Å². The van der Waals surface area contributed by atoms with E-state index >= 15 is 0 Å². The second-order valence-electron chi connectivity index (χ2n) is 7.28. The maximum Gasteiger partial charge on any atom is 0.340 e. The molecular formula is C16H24N2O4S. The van der Waals surface area contributed by atoms with Crippen LogP contribution in [0.4, 0.5) is 0 Å². The summed E-state index contributed by atoms with van der Waals surface area (Å²) in [6.07, 6.45) is 7.40. The van der Waals surface area contributed by atoms with Crippen LogP contribution < -0.4 is 10.6 Å². The van der Waals surface area contributed by atoms with Crippen LogP contribution in [0.15, 0.2) is 0 Å². The van der Waals surface area contributed by atoms with Gasteiger partial charge in [-0.3, -0.25) is 0 Å². The van der Waals surface area contributed by atoms with Crippen LogP contribution in [0.5, 0.6) is 0 Å². The number of rotatable bonds is 4. The quantitative estimate of drug-likeness (QED) is 0.451. The molecule has 4 saturated carbocycles. The number of carbonyl (C=O) groups excluding carboxylic acids is 2. The third-order valence-electron chi connectivity index (χ3n) is 5.57. The predicted molar refractivity (Wildman–Crippen MR) is 87.6 cm³/mol. The van der Waals surface area contributed by atoms with E-state index in [4.69, 9.17) is 12.2 Å². The molecular weight excluding hydrogens is 316 g/mol. The van der Waals surface area contributed by atoms with Crippen LogP contribution in [0, 0.1) is 17.8 Å². The second-order valence-corrected chi connectivity index (χ2v) is 7.68. The van der Waals surface area contributed by atoms with Gasteiger partial charge in [-0.2, -0.15) is 0 Å². The summed E-state index contributed by atoms with van der Waals surface area (Å²) in [5, 5.41) is 6.51. The molecule has 0 aromatic carbocycles. The van der Waals surface area contributed by atoms with Crippen LogP contribution in [0.3, 0.4) is 0 Å². The molecule has 6 nitrogen and oxygen atoms in total. The minimum Gasteiger partial charge on any atom is -0.467 e. The van der Waals surface area contributed by atoms with Crippen molar-refractivity contribution < 1.29 is 19.1 Å². The molecule has 0 aliphatic heterocycles. The number of nitrogens with one attached hydrogen (secondary N) is 2. The number of hydrogen-bond acceptors (Lipinski definition) is 5. The maximum atomic E-state index is 11.7. The van der Waals surface area contributed by atoms with Crippen molar-refractivity contribution in [2.24, 2.45) is 17.8 Å². The number of hydrogen-bond donors (Lipinski definition) is 2. The molecule has 128 valence electrons. The first kappa shape index (κ1) is 16.5. The zero-order valence-corrected chi connectivity index (χ0v) is 14.4. The molecule has 0 aromatic heterocycles. The summed E-state index contributed by atoms with van der Waals surface area (Å²) in [4.78, 5) is 23.5. The van der Waals surface area contributed by atoms with Crippen molar-refractivity contribution in [2.75, 3.05) is 14.2 Å². The molecule has 0 radical (unpaired) electrons. The van der Waals surface area contributed by atoms with Crippen molar-refractivity contribution in [2.45, 2.75) is 50.1 Å². The molecule has 0 saturated heterocycles. The van der Waals surface area contributed by atoms with Gasteiger partial charge in [0.25, 0.3) is 0 Å². The highest BCUT2D eigenvalue weighted by molar-refractivity contribution is 7.80. The van der Waals surface area contributed by atoms with Gasteiger partial charge in [0.1, 0.15) is 0 Å². The highest BCUT2D eigenvalue weighted by Crippen LogP contribution is 2.55. The summed E-state index contributed by atoms with van der Waals surface area (Å²) in [6.45, 7) is 0. The van der Waals surface area contributed by atoms with Gasteiger partial charge in [0.15, 0.2) is 5.11 Å². The largest absolute Gasteiger partial charge is 0.467 e. The number of methoxy groups -OCH3 is 2. The average Bonchev–Trinajstić information content (AvgIpc) is 2.49. The topological polar surface area (TPSA) is 76.7 Å². The van der Waals surface area contributed by atoms with Crippen LogP contribution >= 0.6 is 12.2 Å². The molecule has 4 aliphatic carbocycles. The summed E-state index contributed by atoms with van der Waals surface area (Å²) >= 11 is 5.36. The zero-order valence-electron chi connectivity index (χ0n) is 13.6. The zero-order chi connectivity index (χ0) is 16.6. The average molecular weight is 340 g/mol. The fourth-order valence-corrected chi connectivity index (χ4v) is 5.46. The summed E-state index contributed by atoms with van der Waals surface area (Å²) in [5.74, 6) is 0.953. The minimum absolute atomic E-state index is 0.0234. The van der Waals surface area contributed by atoms with E-state index in [1.165, 1.54) is 33.5 Å². The fourth-order valence-electron chi connectivity index (χ4n) is 5.12. The van der Waals surface area contributed by atoms with Crippen molar-refractivity contribution in [1.29, 1.82) is 0 Å². The van der Waals surface area contributed by atoms with E-state index in [1.54, 1.807) is 0 Å². The number of esters is 2. The molecule has 23 heavy (non-hydrogen) atoms. The molecule has 4 fully saturated rings. The van der Waals surface area contributed by atoms with E-state index in [0.29, 0.717) is 5.11 Å². The second kappa shape index (κ2) is 6.26. The van der Waals surface area contributed by atoms with Crippen LogP contribution in [0.25, 0.3) is 0 Å². The summed E-state index contributed by atoms with van der Waals surface area (Å²) in [7, 11) is 2.46. The van der Waals surface area contributed by atoms with Gasteiger partial charge in [-0.25, -0.2) is 9.59 Å².